The van der Waals surface area contributed by atoms with Crippen LogP contribution in [0.25, 0.3) is 0 Å². The Labute approximate surface area is 158 Å². The lowest BCUT2D eigenvalue weighted by Crippen LogP contribution is -2.47. The molecular weight excluding hydrogens is 390 g/mol. The van der Waals surface area contributed by atoms with Gasteiger partial charge in [-0.25, -0.2) is 4.98 Å². The van der Waals surface area contributed by atoms with Gasteiger partial charge in [0.05, 0.1) is 18.0 Å². The molecular formula is C17H22F6N4O. The number of hydrogen-bond acceptors (Lipinski definition) is 3. The number of rotatable bonds is 5. The van der Waals surface area contributed by atoms with Gasteiger partial charge >= 0.3 is 12.4 Å². The van der Waals surface area contributed by atoms with E-state index in [0.29, 0.717) is 25.0 Å². The molecule has 0 spiro atoms. The van der Waals surface area contributed by atoms with Gasteiger partial charge in [-0.2, -0.15) is 26.3 Å². The highest BCUT2D eigenvalue weighted by Gasteiger charge is 2.42. The molecule has 1 heterocycles. The van der Waals surface area contributed by atoms with Crippen molar-refractivity contribution in [1.29, 1.82) is 0 Å². The molecule has 2 atom stereocenters. The van der Waals surface area contributed by atoms with Crippen molar-refractivity contribution in [3.63, 3.8) is 0 Å². The average Bonchev–Trinajstić information content (AvgIpc) is 2.63. The van der Waals surface area contributed by atoms with Gasteiger partial charge in [0.15, 0.2) is 5.96 Å². The maximum Gasteiger partial charge on any atom is 0.417 e. The number of alkyl halides is 6. The standard InChI is InChI=1S/C17H22F6N4O/c1-24-15(27-13-4-2-3-11(9-13)16(18,19)20)25-7-8-28-14-6-5-12(10-26-14)17(21,22)23/h5-6,10-11,13H,2-4,7-9H2,1H3,(H2,24,25,27). The van der Waals surface area contributed by atoms with E-state index in [-0.39, 0.29) is 37.9 Å². The Morgan fingerprint density at radius 2 is 1.96 bits per heavy atom. The normalized spacial score (nSPS) is 21.3. The summed E-state index contributed by atoms with van der Waals surface area (Å²) >= 11 is 0. The average molecular weight is 412 g/mol. The molecule has 158 valence electrons. The van der Waals surface area contributed by atoms with Crippen LogP contribution in [0.15, 0.2) is 23.3 Å². The first-order chi connectivity index (χ1) is 13.1. The van der Waals surface area contributed by atoms with Crippen LogP contribution in [-0.2, 0) is 6.18 Å². The summed E-state index contributed by atoms with van der Waals surface area (Å²) in [6, 6.07) is 1.66. The number of aliphatic imine (C=N–C) groups is 1. The van der Waals surface area contributed by atoms with E-state index >= 15 is 0 Å². The number of ether oxygens (including phenoxy) is 1. The Hall–Kier alpha value is -2.20. The fourth-order valence-corrected chi connectivity index (χ4v) is 2.96. The third-order valence-corrected chi connectivity index (χ3v) is 4.41. The third kappa shape index (κ3) is 6.75. The second kappa shape index (κ2) is 9.33. The van der Waals surface area contributed by atoms with E-state index in [1.54, 1.807) is 0 Å². The summed E-state index contributed by atoms with van der Waals surface area (Å²) in [7, 11) is 1.50. The highest BCUT2D eigenvalue weighted by atomic mass is 19.4. The minimum absolute atomic E-state index is 0.00380. The van der Waals surface area contributed by atoms with Crippen molar-refractivity contribution in [2.45, 2.75) is 44.1 Å². The summed E-state index contributed by atoms with van der Waals surface area (Å²) in [6.45, 7) is 0.340. The quantitative estimate of drug-likeness (QED) is 0.335. The number of halogens is 6. The summed E-state index contributed by atoms with van der Waals surface area (Å²) in [5, 5.41) is 5.87. The van der Waals surface area contributed by atoms with E-state index in [1.807, 2.05) is 0 Å². The molecule has 28 heavy (non-hydrogen) atoms. The summed E-state index contributed by atoms with van der Waals surface area (Å²) in [5.41, 5.74) is -0.868. The molecule has 1 aliphatic rings. The minimum atomic E-state index is -4.46. The van der Waals surface area contributed by atoms with Crippen molar-refractivity contribution in [3.8, 4) is 5.88 Å². The summed E-state index contributed by atoms with van der Waals surface area (Å²) in [6.07, 6.45) is -6.72. The predicted molar refractivity (Wildman–Crippen MR) is 91.0 cm³/mol. The second-order valence-corrected chi connectivity index (χ2v) is 6.48. The molecule has 1 aromatic rings. The minimum Gasteiger partial charge on any atom is -0.476 e. The smallest absolute Gasteiger partial charge is 0.417 e. The van der Waals surface area contributed by atoms with Gasteiger partial charge in [0.2, 0.25) is 5.88 Å². The Morgan fingerprint density at radius 1 is 1.21 bits per heavy atom. The number of nitrogens with zero attached hydrogens (tertiary/aromatic N) is 2. The first-order valence-electron chi connectivity index (χ1n) is 8.79. The monoisotopic (exact) mass is 412 g/mol. The van der Waals surface area contributed by atoms with Gasteiger partial charge in [-0.1, -0.05) is 6.42 Å². The zero-order chi connectivity index (χ0) is 20.8. The number of hydrogen-bond donors (Lipinski definition) is 2. The molecule has 2 rings (SSSR count). The maximum absolute atomic E-state index is 12.9. The fourth-order valence-electron chi connectivity index (χ4n) is 2.96. The molecule has 2 unspecified atom stereocenters. The van der Waals surface area contributed by atoms with E-state index in [1.165, 1.54) is 7.05 Å². The van der Waals surface area contributed by atoms with Gasteiger partial charge in [0.25, 0.3) is 0 Å². The van der Waals surface area contributed by atoms with Gasteiger partial charge in [-0.05, 0) is 25.3 Å². The Morgan fingerprint density at radius 3 is 2.54 bits per heavy atom. The fraction of sp³-hybridized carbons (Fsp3) is 0.647. The molecule has 1 aromatic heterocycles. The number of pyridine rings is 1. The predicted octanol–water partition coefficient (Wildman–Crippen LogP) is 3.77. The molecule has 0 radical (unpaired) electrons. The van der Waals surface area contributed by atoms with Crippen LogP contribution in [0.3, 0.4) is 0 Å². The van der Waals surface area contributed by atoms with Crippen LogP contribution in [-0.4, -0.2) is 43.4 Å². The van der Waals surface area contributed by atoms with Crippen molar-refractivity contribution in [3.05, 3.63) is 23.9 Å². The lowest BCUT2D eigenvalue weighted by molar-refractivity contribution is -0.183. The zero-order valence-corrected chi connectivity index (χ0v) is 15.2. The number of aromatic nitrogens is 1. The van der Waals surface area contributed by atoms with Crippen molar-refractivity contribution < 1.29 is 31.1 Å². The largest absolute Gasteiger partial charge is 0.476 e. The van der Waals surface area contributed by atoms with Crippen LogP contribution < -0.4 is 15.4 Å². The van der Waals surface area contributed by atoms with Crippen LogP contribution >= 0.6 is 0 Å². The lowest BCUT2D eigenvalue weighted by Gasteiger charge is -2.31. The Kier molecular flexibility index (Phi) is 7.36. The first-order valence-corrected chi connectivity index (χ1v) is 8.79. The number of nitrogens with one attached hydrogen (secondary N) is 2. The molecule has 0 aliphatic heterocycles. The SMILES string of the molecule is CN=C(NCCOc1ccc(C(F)(F)F)cn1)NC1CCCC(C(F)(F)F)C1. The molecule has 1 fully saturated rings. The second-order valence-electron chi connectivity index (χ2n) is 6.48. The van der Waals surface area contributed by atoms with Crippen LogP contribution in [0, 0.1) is 5.92 Å². The third-order valence-electron chi connectivity index (χ3n) is 4.41. The van der Waals surface area contributed by atoms with Gasteiger partial charge in [0.1, 0.15) is 6.61 Å². The van der Waals surface area contributed by atoms with Crippen LogP contribution in [0.1, 0.15) is 31.2 Å². The van der Waals surface area contributed by atoms with Gasteiger partial charge in [0, 0.05) is 25.4 Å². The molecule has 0 aromatic carbocycles. The summed E-state index contributed by atoms with van der Waals surface area (Å²) < 4.78 is 81.3. The maximum atomic E-state index is 12.9. The topological polar surface area (TPSA) is 58.5 Å². The van der Waals surface area contributed by atoms with E-state index in [0.717, 1.165) is 12.1 Å². The molecule has 11 heteroatoms. The van der Waals surface area contributed by atoms with E-state index in [4.69, 9.17) is 4.74 Å². The molecule has 1 aliphatic carbocycles. The summed E-state index contributed by atoms with van der Waals surface area (Å²) in [4.78, 5) is 7.55. The highest BCUT2D eigenvalue weighted by Crippen LogP contribution is 2.37. The zero-order valence-electron chi connectivity index (χ0n) is 15.2. The van der Waals surface area contributed by atoms with Crippen molar-refractivity contribution >= 4 is 5.96 Å². The molecule has 0 amide bonds. The van der Waals surface area contributed by atoms with Crippen LogP contribution in [0.5, 0.6) is 5.88 Å². The summed E-state index contributed by atoms with van der Waals surface area (Å²) in [5.74, 6) is -0.930. The van der Waals surface area contributed by atoms with E-state index in [9.17, 15) is 26.3 Å². The Bertz CT molecular complexity index is 645. The molecule has 0 saturated heterocycles. The first kappa shape index (κ1) is 22.1. The van der Waals surface area contributed by atoms with Gasteiger partial charge < -0.3 is 15.4 Å². The van der Waals surface area contributed by atoms with Crippen LogP contribution in [0.2, 0.25) is 0 Å². The Balaban J connectivity index is 1.74. The molecule has 2 N–H and O–H groups in total. The van der Waals surface area contributed by atoms with Crippen molar-refractivity contribution in [1.82, 2.24) is 15.6 Å². The molecule has 0 bridgehead atoms. The van der Waals surface area contributed by atoms with Crippen LogP contribution in [0.4, 0.5) is 26.3 Å². The molecule has 5 nitrogen and oxygen atoms in total. The van der Waals surface area contributed by atoms with Crippen molar-refractivity contribution in [2.75, 3.05) is 20.2 Å². The lowest BCUT2D eigenvalue weighted by atomic mass is 9.85. The number of guanidine groups is 1. The van der Waals surface area contributed by atoms with Gasteiger partial charge in [-0.3, -0.25) is 4.99 Å². The van der Waals surface area contributed by atoms with E-state index in [2.05, 4.69) is 20.6 Å². The van der Waals surface area contributed by atoms with E-state index < -0.39 is 23.8 Å². The molecule has 1 saturated carbocycles. The highest BCUT2D eigenvalue weighted by molar-refractivity contribution is 5.79. The van der Waals surface area contributed by atoms with Gasteiger partial charge in [-0.15, -0.1) is 0 Å². The van der Waals surface area contributed by atoms with Crippen molar-refractivity contribution in [2.24, 2.45) is 10.9 Å².